The van der Waals surface area contributed by atoms with E-state index in [1.807, 2.05) is 6.08 Å². The third-order valence-corrected chi connectivity index (χ3v) is 14.8. The lowest BCUT2D eigenvalue weighted by molar-refractivity contribution is -0.143. The van der Waals surface area contributed by atoms with E-state index >= 15 is 0 Å². The highest BCUT2D eigenvalue weighted by Crippen LogP contribution is 2.17. The van der Waals surface area contributed by atoms with Gasteiger partial charge < -0.3 is 20.3 Å². The first-order valence-electron chi connectivity index (χ1n) is 32.4. The van der Waals surface area contributed by atoms with Crippen LogP contribution in [0, 0.1) is 0 Å². The second kappa shape index (κ2) is 62.4. The molecule has 0 bridgehead atoms. The van der Waals surface area contributed by atoms with Crippen LogP contribution in [0.15, 0.2) is 48.6 Å². The Balaban J connectivity index is 3.49. The van der Waals surface area contributed by atoms with Crippen LogP contribution < -0.4 is 5.32 Å². The summed E-state index contributed by atoms with van der Waals surface area (Å²) in [6.45, 7) is 4.88. The van der Waals surface area contributed by atoms with Crippen LogP contribution in [-0.4, -0.2) is 47.4 Å². The number of hydrogen-bond acceptors (Lipinski definition) is 5. The number of rotatable bonds is 60. The van der Waals surface area contributed by atoms with Gasteiger partial charge in [0.05, 0.1) is 25.4 Å². The maximum absolute atomic E-state index is 12.5. The molecule has 0 aliphatic heterocycles. The number of nitrogens with one attached hydrogen (secondary N) is 1. The van der Waals surface area contributed by atoms with Crippen LogP contribution in [0.3, 0.4) is 0 Å². The Hall–Kier alpha value is -2.18. The van der Waals surface area contributed by atoms with Gasteiger partial charge in [0.2, 0.25) is 5.91 Å². The first-order valence-corrected chi connectivity index (χ1v) is 32.4. The maximum atomic E-state index is 12.5. The van der Waals surface area contributed by atoms with Crippen molar-refractivity contribution in [2.45, 2.75) is 353 Å². The Morgan fingerprint density at radius 1 is 0.384 bits per heavy atom. The Labute approximate surface area is 455 Å². The third kappa shape index (κ3) is 58.9. The van der Waals surface area contributed by atoms with Gasteiger partial charge in [-0.1, -0.05) is 287 Å². The van der Waals surface area contributed by atoms with Gasteiger partial charge in [-0.25, -0.2) is 0 Å². The number of allylic oxidation sites excluding steroid dienone is 7. The maximum Gasteiger partial charge on any atom is 0.305 e. The summed E-state index contributed by atoms with van der Waals surface area (Å²) >= 11 is 0. The van der Waals surface area contributed by atoms with E-state index in [4.69, 9.17) is 4.74 Å². The van der Waals surface area contributed by atoms with Crippen LogP contribution in [0.2, 0.25) is 0 Å². The van der Waals surface area contributed by atoms with Gasteiger partial charge in [0.25, 0.3) is 0 Å². The summed E-state index contributed by atoms with van der Waals surface area (Å²) in [6.07, 6.45) is 80.1. The van der Waals surface area contributed by atoms with Crippen LogP contribution in [0.1, 0.15) is 341 Å². The van der Waals surface area contributed by atoms with Gasteiger partial charge in [-0.05, 0) is 89.9 Å². The summed E-state index contributed by atoms with van der Waals surface area (Å²) < 4.78 is 5.48. The standard InChI is InChI=1S/C67H125NO5/c1-3-5-7-9-11-13-15-17-19-21-23-24-25-26-27-31-35-39-43-47-51-55-59-65(70)64(63-69)68-66(71)60-56-52-48-44-40-36-32-29-30-34-38-42-46-50-54-58-62-73-67(72)61-57-53-49-45-41-37-33-28-22-20-18-16-14-12-10-8-6-4-2/h14,16,20,22,29,32,55,59,64-65,69-70H,3-13,15,17-19,21,23-28,30-31,33-54,56-58,60-63H2,1-2H3,(H,68,71)/b16-14-,22-20-,32-29-,59-55+. The minimum absolute atomic E-state index is 0.0110. The van der Waals surface area contributed by atoms with Gasteiger partial charge in [-0.3, -0.25) is 9.59 Å². The van der Waals surface area contributed by atoms with E-state index in [1.165, 1.54) is 244 Å². The van der Waals surface area contributed by atoms with Gasteiger partial charge >= 0.3 is 5.97 Å². The summed E-state index contributed by atoms with van der Waals surface area (Å²) in [7, 11) is 0. The van der Waals surface area contributed by atoms with Gasteiger partial charge in [0, 0.05) is 12.8 Å². The fraction of sp³-hybridized carbons (Fsp3) is 0.851. The molecule has 0 radical (unpaired) electrons. The number of amides is 1. The van der Waals surface area contributed by atoms with E-state index in [0.29, 0.717) is 19.4 Å². The zero-order valence-electron chi connectivity index (χ0n) is 48.9. The van der Waals surface area contributed by atoms with Gasteiger partial charge in [-0.15, -0.1) is 0 Å². The molecule has 0 spiro atoms. The van der Waals surface area contributed by atoms with Crippen molar-refractivity contribution in [1.29, 1.82) is 0 Å². The molecule has 0 aromatic rings. The number of esters is 1. The molecule has 1 amide bonds. The molecule has 3 N–H and O–H groups in total. The molecule has 0 rings (SSSR count). The van der Waals surface area contributed by atoms with Crippen LogP contribution in [-0.2, 0) is 14.3 Å². The van der Waals surface area contributed by atoms with Crippen molar-refractivity contribution in [3.63, 3.8) is 0 Å². The molecule has 0 aromatic carbocycles. The van der Waals surface area contributed by atoms with Gasteiger partial charge in [-0.2, -0.15) is 0 Å². The van der Waals surface area contributed by atoms with Crippen molar-refractivity contribution in [1.82, 2.24) is 5.32 Å². The average molecular weight is 1020 g/mol. The second-order valence-corrected chi connectivity index (χ2v) is 22.1. The Morgan fingerprint density at radius 3 is 1.07 bits per heavy atom. The fourth-order valence-electron chi connectivity index (χ4n) is 9.84. The highest BCUT2D eigenvalue weighted by atomic mass is 16.5. The molecule has 0 saturated carbocycles. The molecule has 0 aliphatic carbocycles. The number of aliphatic hydroxyl groups excluding tert-OH is 2. The van der Waals surface area contributed by atoms with Gasteiger partial charge in [0.15, 0.2) is 0 Å². The van der Waals surface area contributed by atoms with Crippen LogP contribution >= 0.6 is 0 Å². The monoisotopic (exact) mass is 1020 g/mol. The number of unbranched alkanes of at least 4 members (excludes halogenated alkanes) is 43. The number of carbonyl (C=O) groups is 2. The van der Waals surface area contributed by atoms with E-state index in [9.17, 15) is 19.8 Å². The number of ether oxygens (including phenoxy) is 1. The van der Waals surface area contributed by atoms with E-state index in [1.54, 1.807) is 6.08 Å². The summed E-state index contributed by atoms with van der Waals surface area (Å²) in [5, 5.41) is 23.2. The molecule has 0 saturated heterocycles. The van der Waals surface area contributed by atoms with E-state index in [2.05, 4.69) is 55.6 Å². The lowest BCUT2D eigenvalue weighted by Gasteiger charge is -2.20. The summed E-state index contributed by atoms with van der Waals surface area (Å²) in [5.74, 6) is -0.0941. The zero-order chi connectivity index (χ0) is 52.9. The first kappa shape index (κ1) is 70.8. The molecule has 0 aromatic heterocycles. The molecule has 2 unspecified atom stereocenters. The quantitative estimate of drug-likeness (QED) is 0.0320. The number of carbonyl (C=O) groups excluding carboxylic acids is 2. The Bertz CT molecular complexity index is 1230. The van der Waals surface area contributed by atoms with Crippen LogP contribution in [0.25, 0.3) is 0 Å². The minimum atomic E-state index is -0.857. The van der Waals surface area contributed by atoms with Crippen LogP contribution in [0.5, 0.6) is 0 Å². The van der Waals surface area contributed by atoms with Crippen molar-refractivity contribution in [2.75, 3.05) is 13.2 Å². The highest BCUT2D eigenvalue weighted by molar-refractivity contribution is 5.76. The van der Waals surface area contributed by atoms with E-state index < -0.39 is 12.1 Å². The van der Waals surface area contributed by atoms with Crippen molar-refractivity contribution in [2.24, 2.45) is 0 Å². The molecule has 2 atom stereocenters. The van der Waals surface area contributed by atoms with Crippen LogP contribution in [0.4, 0.5) is 0 Å². The molecule has 6 nitrogen and oxygen atoms in total. The van der Waals surface area contributed by atoms with E-state index in [0.717, 1.165) is 70.6 Å². The largest absolute Gasteiger partial charge is 0.466 e. The molecule has 6 heteroatoms. The Morgan fingerprint density at radius 2 is 0.685 bits per heavy atom. The first-order chi connectivity index (χ1) is 36.0. The lowest BCUT2D eigenvalue weighted by atomic mass is 10.0. The number of aliphatic hydroxyl groups is 2. The normalized spacial score (nSPS) is 12.9. The van der Waals surface area contributed by atoms with Gasteiger partial charge in [0.1, 0.15) is 0 Å². The predicted octanol–water partition coefficient (Wildman–Crippen LogP) is 20.5. The third-order valence-electron chi connectivity index (χ3n) is 14.8. The second-order valence-electron chi connectivity index (χ2n) is 22.1. The average Bonchev–Trinajstić information content (AvgIpc) is 3.39. The van der Waals surface area contributed by atoms with Crippen molar-refractivity contribution in [3.05, 3.63) is 48.6 Å². The molecule has 428 valence electrons. The Kier molecular flexibility index (Phi) is 60.5. The van der Waals surface area contributed by atoms with E-state index in [-0.39, 0.29) is 18.5 Å². The van der Waals surface area contributed by atoms with Crippen molar-refractivity contribution < 1.29 is 24.5 Å². The topological polar surface area (TPSA) is 95.9 Å². The molecule has 0 heterocycles. The smallest absolute Gasteiger partial charge is 0.305 e. The lowest BCUT2D eigenvalue weighted by Crippen LogP contribution is -2.45. The fourth-order valence-corrected chi connectivity index (χ4v) is 9.84. The zero-order valence-corrected chi connectivity index (χ0v) is 48.9. The SMILES string of the molecule is CCCCCC/C=C\C/C=C\CCCCCCCCCC(=O)OCCCCCCCCC/C=C\CCCCCCCC(=O)NC(CO)C(O)/C=C/CCCCCCCCCCCCCCCCCCCCCC. The number of hydrogen-bond donors (Lipinski definition) is 3. The summed E-state index contributed by atoms with van der Waals surface area (Å²) in [4.78, 5) is 24.6. The molecular formula is C67H125NO5. The summed E-state index contributed by atoms with van der Waals surface area (Å²) in [5.41, 5.74) is 0. The highest BCUT2D eigenvalue weighted by Gasteiger charge is 2.18. The summed E-state index contributed by atoms with van der Waals surface area (Å²) in [6, 6.07) is -0.643. The van der Waals surface area contributed by atoms with Crippen molar-refractivity contribution in [3.8, 4) is 0 Å². The molecule has 73 heavy (non-hydrogen) atoms. The van der Waals surface area contributed by atoms with Crippen molar-refractivity contribution >= 4 is 11.9 Å². The molecule has 0 aliphatic rings. The molecular weight excluding hydrogens is 899 g/mol. The molecule has 0 fully saturated rings. The predicted molar refractivity (Wildman–Crippen MR) is 319 cm³/mol. The minimum Gasteiger partial charge on any atom is -0.466 e.